The summed E-state index contributed by atoms with van der Waals surface area (Å²) in [6, 6.07) is 7.65. The number of benzene rings is 1. The predicted octanol–water partition coefficient (Wildman–Crippen LogP) is 2.10. The SMILES string of the molecule is CC(C)C[C@H](NC(=O)O[C@H](C)c1ccccc1)C(=O)N[C@H](C=O)C[C@@H]1CCNC1=O. The highest BCUT2D eigenvalue weighted by Crippen LogP contribution is 2.17. The van der Waals surface area contributed by atoms with Gasteiger partial charge in [-0.2, -0.15) is 0 Å². The minimum atomic E-state index is -0.847. The fraction of sp³-hybridized carbons (Fsp3) is 0.545. The average Bonchev–Trinajstić information content (AvgIpc) is 3.11. The summed E-state index contributed by atoms with van der Waals surface area (Å²) >= 11 is 0. The lowest BCUT2D eigenvalue weighted by molar-refractivity contribution is -0.127. The number of carbonyl (C=O) groups excluding carboxylic acids is 4. The van der Waals surface area contributed by atoms with Gasteiger partial charge in [-0.25, -0.2) is 4.79 Å². The molecule has 0 aromatic heterocycles. The molecule has 0 radical (unpaired) electrons. The summed E-state index contributed by atoms with van der Waals surface area (Å²) in [5.74, 6) is -0.744. The predicted molar refractivity (Wildman–Crippen MR) is 111 cm³/mol. The van der Waals surface area contributed by atoms with E-state index in [1.165, 1.54) is 0 Å². The zero-order chi connectivity index (χ0) is 22.1. The van der Waals surface area contributed by atoms with E-state index in [1.807, 2.05) is 44.2 Å². The van der Waals surface area contributed by atoms with Gasteiger partial charge in [0.25, 0.3) is 0 Å². The van der Waals surface area contributed by atoms with Gasteiger partial charge in [-0.05, 0) is 37.7 Å². The van der Waals surface area contributed by atoms with Gasteiger partial charge < -0.3 is 25.5 Å². The lowest BCUT2D eigenvalue weighted by Crippen LogP contribution is -2.51. The van der Waals surface area contributed by atoms with Crippen LogP contribution >= 0.6 is 0 Å². The van der Waals surface area contributed by atoms with Gasteiger partial charge in [0.2, 0.25) is 11.8 Å². The Labute approximate surface area is 177 Å². The molecule has 1 aliphatic heterocycles. The lowest BCUT2D eigenvalue weighted by atomic mass is 9.98. The van der Waals surface area contributed by atoms with Crippen molar-refractivity contribution < 1.29 is 23.9 Å². The summed E-state index contributed by atoms with van der Waals surface area (Å²) < 4.78 is 5.40. The highest BCUT2D eigenvalue weighted by molar-refractivity contribution is 5.88. The molecule has 8 nitrogen and oxygen atoms in total. The first-order chi connectivity index (χ1) is 14.3. The van der Waals surface area contributed by atoms with E-state index in [0.717, 1.165) is 5.56 Å². The third-order valence-electron chi connectivity index (χ3n) is 5.06. The number of amides is 3. The molecule has 0 bridgehead atoms. The summed E-state index contributed by atoms with van der Waals surface area (Å²) in [6.07, 6.45) is 0.714. The molecule has 1 aromatic rings. The maximum atomic E-state index is 12.8. The number of hydrogen-bond acceptors (Lipinski definition) is 5. The first kappa shape index (κ1) is 23.4. The maximum absolute atomic E-state index is 12.8. The van der Waals surface area contributed by atoms with Crippen molar-refractivity contribution in [3.8, 4) is 0 Å². The fourth-order valence-corrected chi connectivity index (χ4v) is 3.44. The molecule has 3 amide bonds. The van der Waals surface area contributed by atoms with Gasteiger partial charge in [-0.1, -0.05) is 44.2 Å². The highest BCUT2D eigenvalue weighted by atomic mass is 16.6. The van der Waals surface area contributed by atoms with Crippen molar-refractivity contribution in [2.45, 2.75) is 58.2 Å². The van der Waals surface area contributed by atoms with E-state index in [-0.39, 0.29) is 24.2 Å². The second-order valence-corrected chi connectivity index (χ2v) is 8.05. The molecular formula is C22H31N3O5. The van der Waals surface area contributed by atoms with E-state index in [0.29, 0.717) is 25.7 Å². The zero-order valence-electron chi connectivity index (χ0n) is 17.7. The molecule has 30 heavy (non-hydrogen) atoms. The highest BCUT2D eigenvalue weighted by Gasteiger charge is 2.30. The molecule has 1 aliphatic rings. The smallest absolute Gasteiger partial charge is 0.408 e. The van der Waals surface area contributed by atoms with E-state index in [4.69, 9.17) is 4.74 Å². The van der Waals surface area contributed by atoms with Crippen molar-refractivity contribution in [1.82, 2.24) is 16.0 Å². The molecule has 164 valence electrons. The zero-order valence-corrected chi connectivity index (χ0v) is 17.7. The van der Waals surface area contributed by atoms with Crippen molar-refractivity contribution in [3.63, 3.8) is 0 Å². The standard InChI is InChI=1S/C22H31N3O5/c1-14(2)11-19(25-22(29)30-15(3)16-7-5-4-6-8-16)21(28)24-18(13-26)12-17-9-10-23-20(17)27/h4-8,13-15,17-19H,9-12H2,1-3H3,(H,23,27)(H,24,28)(H,25,29)/t15-,17+,18+,19+/m1/s1. The number of hydrogen-bond donors (Lipinski definition) is 3. The number of aldehydes is 1. The van der Waals surface area contributed by atoms with E-state index >= 15 is 0 Å². The van der Waals surface area contributed by atoms with Crippen LogP contribution in [0, 0.1) is 11.8 Å². The first-order valence-corrected chi connectivity index (χ1v) is 10.4. The van der Waals surface area contributed by atoms with Crippen LogP contribution in [0.4, 0.5) is 4.79 Å². The molecule has 1 fully saturated rings. The number of rotatable bonds is 10. The van der Waals surface area contributed by atoms with Gasteiger partial charge in [0.1, 0.15) is 18.4 Å². The number of ether oxygens (including phenoxy) is 1. The van der Waals surface area contributed by atoms with Gasteiger partial charge >= 0.3 is 6.09 Å². The van der Waals surface area contributed by atoms with Crippen LogP contribution < -0.4 is 16.0 Å². The summed E-state index contributed by atoms with van der Waals surface area (Å²) in [7, 11) is 0. The monoisotopic (exact) mass is 417 g/mol. The Kier molecular flexibility index (Phi) is 8.83. The Morgan fingerprint density at radius 2 is 1.90 bits per heavy atom. The van der Waals surface area contributed by atoms with E-state index < -0.39 is 30.2 Å². The third kappa shape index (κ3) is 7.17. The van der Waals surface area contributed by atoms with Crippen LogP contribution in [0.2, 0.25) is 0 Å². The molecule has 3 N–H and O–H groups in total. The van der Waals surface area contributed by atoms with E-state index in [2.05, 4.69) is 16.0 Å². The van der Waals surface area contributed by atoms with Crippen LogP contribution in [-0.2, 0) is 19.1 Å². The van der Waals surface area contributed by atoms with Crippen LogP contribution in [0.15, 0.2) is 30.3 Å². The molecule has 1 saturated heterocycles. The minimum Gasteiger partial charge on any atom is -0.442 e. The van der Waals surface area contributed by atoms with Gasteiger partial charge in [-0.3, -0.25) is 9.59 Å². The molecular weight excluding hydrogens is 386 g/mol. The Morgan fingerprint density at radius 1 is 1.20 bits per heavy atom. The molecule has 0 spiro atoms. The van der Waals surface area contributed by atoms with E-state index in [1.54, 1.807) is 6.92 Å². The maximum Gasteiger partial charge on any atom is 0.408 e. The first-order valence-electron chi connectivity index (χ1n) is 10.4. The van der Waals surface area contributed by atoms with E-state index in [9.17, 15) is 19.2 Å². The number of alkyl carbamates (subject to hydrolysis) is 1. The Balaban J connectivity index is 1.95. The second kappa shape index (κ2) is 11.3. The molecule has 2 rings (SSSR count). The molecule has 0 unspecified atom stereocenters. The third-order valence-corrected chi connectivity index (χ3v) is 5.06. The van der Waals surface area contributed by atoms with Crippen molar-refractivity contribution in [3.05, 3.63) is 35.9 Å². The summed E-state index contributed by atoms with van der Waals surface area (Å²) in [5, 5.41) is 7.98. The van der Waals surface area contributed by atoms with Crippen LogP contribution in [0.3, 0.4) is 0 Å². The quantitative estimate of drug-likeness (QED) is 0.505. The normalized spacial score (nSPS) is 18.8. The molecule has 4 atom stereocenters. The summed E-state index contributed by atoms with van der Waals surface area (Å²) in [6.45, 7) is 6.19. The van der Waals surface area contributed by atoms with Gasteiger partial charge in [-0.15, -0.1) is 0 Å². The van der Waals surface area contributed by atoms with Crippen LogP contribution in [0.5, 0.6) is 0 Å². The van der Waals surface area contributed by atoms with Crippen LogP contribution in [0.25, 0.3) is 0 Å². The number of carbonyl (C=O) groups is 4. The second-order valence-electron chi connectivity index (χ2n) is 8.05. The van der Waals surface area contributed by atoms with Crippen molar-refractivity contribution in [2.24, 2.45) is 11.8 Å². The number of nitrogens with one attached hydrogen (secondary N) is 3. The topological polar surface area (TPSA) is 114 Å². The Morgan fingerprint density at radius 3 is 2.47 bits per heavy atom. The van der Waals surface area contributed by atoms with Crippen LogP contribution in [-0.4, -0.2) is 42.8 Å². The molecule has 8 heteroatoms. The Bertz CT molecular complexity index is 738. The summed E-state index contributed by atoms with van der Waals surface area (Å²) in [5.41, 5.74) is 0.841. The summed E-state index contributed by atoms with van der Waals surface area (Å²) in [4.78, 5) is 48.3. The molecule has 0 aliphatic carbocycles. The average molecular weight is 418 g/mol. The Hall–Kier alpha value is -2.90. The van der Waals surface area contributed by atoms with Crippen LogP contribution in [0.1, 0.15) is 51.7 Å². The largest absolute Gasteiger partial charge is 0.442 e. The van der Waals surface area contributed by atoms with Crippen molar-refractivity contribution >= 4 is 24.2 Å². The van der Waals surface area contributed by atoms with Gasteiger partial charge in [0.15, 0.2) is 0 Å². The molecule has 0 saturated carbocycles. The van der Waals surface area contributed by atoms with Crippen molar-refractivity contribution in [1.29, 1.82) is 0 Å². The lowest BCUT2D eigenvalue weighted by Gasteiger charge is -2.23. The van der Waals surface area contributed by atoms with Gasteiger partial charge in [0, 0.05) is 12.5 Å². The minimum absolute atomic E-state index is 0.105. The molecule has 1 aromatic carbocycles. The fourth-order valence-electron chi connectivity index (χ4n) is 3.44. The molecule has 1 heterocycles. The van der Waals surface area contributed by atoms with Gasteiger partial charge in [0.05, 0.1) is 6.04 Å². The van der Waals surface area contributed by atoms with Crippen molar-refractivity contribution in [2.75, 3.05) is 6.54 Å².